The zero-order valence-electron chi connectivity index (χ0n) is 15.4. The smallest absolute Gasteiger partial charge is 0.261 e. The van der Waals surface area contributed by atoms with Crippen molar-refractivity contribution in [1.82, 2.24) is 24.6 Å². The van der Waals surface area contributed by atoms with Gasteiger partial charge in [0.2, 0.25) is 11.7 Å². The number of hydrogen-bond acceptors (Lipinski definition) is 6. The van der Waals surface area contributed by atoms with E-state index in [2.05, 4.69) is 31.1 Å². The average molecular weight is 446 g/mol. The average Bonchev–Trinajstić information content (AvgIpc) is 3.33. The molecule has 1 fully saturated rings. The summed E-state index contributed by atoms with van der Waals surface area (Å²) in [7, 11) is 1.86. The summed E-state index contributed by atoms with van der Waals surface area (Å²) < 4.78 is 13.6. The molecule has 146 valence electrons. The van der Waals surface area contributed by atoms with Gasteiger partial charge in [-0.2, -0.15) is 4.98 Å². The Morgan fingerprint density at radius 3 is 2.89 bits per heavy atom. The van der Waals surface area contributed by atoms with E-state index in [0.29, 0.717) is 28.6 Å². The van der Waals surface area contributed by atoms with Gasteiger partial charge in [0.05, 0.1) is 6.33 Å². The van der Waals surface area contributed by atoms with E-state index in [1.807, 2.05) is 41.9 Å². The number of hydrogen-bond donors (Lipinski definition) is 0. The highest BCUT2D eigenvalue weighted by Crippen LogP contribution is 2.32. The normalized spacial score (nSPS) is 16.9. The third-order valence-corrected chi connectivity index (χ3v) is 5.34. The molecule has 0 spiro atoms. The topological polar surface area (TPSA) is 86.3 Å². The van der Waals surface area contributed by atoms with E-state index in [1.165, 1.54) is 0 Å². The number of amides is 1. The maximum absolute atomic E-state index is 12.8. The molecular weight excluding hydrogens is 426 g/mol. The fraction of sp³-hybridized carbons (Fsp3) is 0.368. The van der Waals surface area contributed by atoms with Crippen molar-refractivity contribution in [3.8, 4) is 17.3 Å². The maximum atomic E-state index is 12.8. The van der Waals surface area contributed by atoms with Crippen LogP contribution in [0.15, 0.2) is 45.8 Å². The van der Waals surface area contributed by atoms with Crippen molar-refractivity contribution in [3.63, 3.8) is 0 Å². The number of aryl methyl sites for hydroxylation is 1. The van der Waals surface area contributed by atoms with Crippen molar-refractivity contribution in [2.75, 3.05) is 13.2 Å². The van der Waals surface area contributed by atoms with E-state index in [4.69, 9.17) is 9.26 Å². The third kappa shape index (κ3) is 3.80. The van der Waals surface area contributed by atoms with Crippen molar-refractivity contribution < 1.29 is 14.1 Å². The number of carbonyl (C=O) groups excluding carboxylic acids is 1. The van der Waals surface area contributed by atoms with Gasteiger partial charge in [0, 0.05) is 13.6 Å². The monoisotopic (exact) mass is 445 g/mol. The Bertz CT molecular complexity index is 936. The molecule has 2 aromatic heterocycles. The van der Waals surface area contributed by atoms with Gasteiger partial charge < -0.3 is 18.7 Å². The number of benzene rings is 1. The molecule has 1 amide bonds. The zero-order valence-corrected chi connectivity index (χ0v) is 17.0. The first-order chi connectivity index (χ1) is 13.6. The van der Waals surface area contributed by atoms with Crippen molar-refractivity contribution in [1.29, 1.82) is 0 Å². The van der Waals surface area contributed by atoms with Crippen LogP contribution in [0.1, 0.15) is 31.2 Å². The molecular formula is C19H20BrN5O3. The highest BCUT2D eigenvalue weighted by atomic mass is 79.9. The lowest BCUT2D eigenvalue weighted by Gasteiger charge is -2.33. The van der Waals surface area contributed by atoms with Crippen LogP contribution in [0.25, 0.3) is 11.5 Å². The van der Waals surface area contributed by atoms with Crippen molar-refractivity contribution in [2.45, 2.75) is 25.3 Å². The molecule has 1 saturated heterocycles. The second-order valence-corrected chi connectivity index (χ2v) is 7.40. The molecule has 0 N–H and O–H groups in total. The fourth-order valence-electron chi connectivity index (χ4n) is 3.35. The lowest BCUT2D eigenvalue weighted by atomic mass is 10.0. The van der Waals surface area contributed by atoms with Crippen LogP contribution in [-0.2, 0) is 11.8 Å². The van der Waals surface area contributed by atoms with Crippen LogP contribution in [0.2, 0.25) is 0 Å². The second kappa shape index (κ2) is 8.14. The van der Waals surface area contributed by atoms with E-state index < -0.39 is 0 Å². The summed E-state index contributed by atoms with van der Waals surface area (Å²) in [6.45, 7) is 0.629. The fourth-order valence-corrected chi connectivity index (χ4v) is 3.90. The van der Waals surface area contributed by atoms with Crippen LogP contribution in [0.4, 0.5) is 0 Å². The number of ether oxygens (including phenoxy) is 1. The maximum Gasteiger partial charge on any atom is 0.261 e. The van der Waals surface area contributed by atoms with Crippen molar-refractivity contribution >= 4 is 21.8 Å². The molecule has 0 radical (unpaired) electrons. The van der Waals surface area contributed by atoms with Crippen LogP contribution < -0.4 is 4.74 Å². The summed E-state index contributed by atoms with van der Waals surface area (Å²) in [5, 5.41) is 4.10. The summed E-state index contributed by atoms with van der Waals surface area (Å²) in [4.78, 5) is 23.3. The van der Waals surface area contributed by atoms with Crippen LogP contribution in [0.5, 0.6) is 5.75 Å². The van der Waals surface area contributed by atoms with Crippen molar-refractivity contribution in [2.24, 2.45) is 7.05 Å². The minimum atomic E-state index is -0.242. The number of aromatic nitrogens is 4. The first-order valence-electron chi connectivity index (χ1n) is 9.11. The molecule has 0 aliphatic carbocycles. The highest BCUT2D eigenvalue weighted by molar-refractivity contribution is 9.10. The quantitative estimate of drug-likeness (QED) is 0.598. The molecule has 3 heterocycles. The predicted molar refractivity (Wildman–Crippen MR) is 104 cm³/mol. The Kier molecular flexibility index (Phi) is 5.43. The lowest BCUT2D eigenvalue weighted by molar-refractivity contribution is -0.138. The van der Waals surface area contributed by atoms with Crippen LogP contribution in [0, 0.1) is 0 Å². The van der Waals surface area contributed by atoms with Gasteiger partial charge in [0.1, 0.15) is 22.1 Å². The van der Waals surface area contributed by atoms with Gasteiger partial charge in [-0.3, -0.25) is 4.79 Å². The van der Waals surface area contributed by atoms with Gasteiger partial charge in [0.15, 0.2) is 6.61 Å². The molecule has 1 aromatic carbocycles. The van der Waals surface area contributed by atoms with E-state index in [1.54, 1.807) is 11.2 Å². The Morgan fingerprint density at radius 2 is 2.14 bits per heavy atom. The van der Waals surface area contributed by atoms with Gasteiger partial charge >= 0.3 is 0 Å². The molecule has 1 aliphatic rings. The van der Waals surface area contributed by atoms with E-state index in [-0.39, 0.29) is 18.6 Å². The van der Waals surface area contributed by atoms with Crippen LogP contribution in [-0.4, -0.2) is 43.7 Å². The summed E-state index contributed by atoms with van der Waals surface area (Å²) in [6, 6.07) is 9.07. The van der Waals surface area contributed by atoms with Gasteiger partial charge in [-0.1, -0.05) is 23.4 Å². The number of imidazole rings is 1. The lowest BCUT2D eigenvalue weighted by Crippen LogP contribution is -2.41. The number of halogens is 1. The summed E-state index contributed by atoms with van der Waals surface area (Å²) >= 11 is 3.40. The second-order valence-electron chi connectivity index (χ2n) is 6.65. The largest absolute Gasteiger partial charge is 0.484 e. The summed E-state index contributed by atoms with van der Waals surface area (Å²) in [5.74, 6) is 1.47. The highest BCUT2D eigenvalue weighted by Gasteiger charge is 2.33. The minimum absolute atomic E-state index is 0.0191. The standard InChI is InChI=1S/C19H20BrN5O3/c1-24-12-21-17(20)16(24)18-22-19(28-23-18)14-9-5-6-10-25(14)15(26)11-27-13-7-3-2-4-8-13/h2-4,7-8,12,14H,5-6,9-11H2,1H3/t14-/m1/s1. The number of piperidine rings is 1. The Labute approximate surface area is 170 Å². The molecule has 1 aliphatic heterocycles. The Morgan fingerprint density at radius 1 is 1.32 bits per heavy atom. The minimum Gasteiger partial charge on any atom is -0.484 e. The molecule has 4 rings (SSSR count). The predicted octanol–water partition coefficient (Wildman–Crippen LogP) is 3.37. The SMILES string of the molecule is Cn1cnc(Br)c1-c1noc([C@H]2CCCCN2C(=O)COc2ccccc2)n1. The van der Waals surface area contributed by atoms with Crippen LogP contribution in [0.3, 0.4) is 0 Å². The molecule has 3 aromatic rings. The molecule has 0 unspecified atom stereocenters. The number of rotatable bonds is 5. The summed E-state index contributed by atoms with van der Waals surface area (Å²) in [6.07, 6.45) is 4.40. The number of carbonyl (C=O) groups is 1. The van der Waals surface area contributed by atoms with Gasteiger partial charge in [-0.25, -0.2) is 4.98 Å². The molecule has 28 heavy (non-hydrogen) atoms. The van der Waals surface area contributed by atoms with Crippen molar-refractivity contribution in [3.05, 3.63) is 47.2 Å². The molecule has 9 heteroatoms. The molecule has 0 saturated carbocycles. The Balaban J connectivity index is 1.50. The van der Waals surface area contributed by atoms with Crippen LogP contribution >= 0.6 is 15.9 Å². The van der Waals surface area contributed by atoms with Gasteiger partial charge in [-0.15, -0.1) is 0 Å². The number of nitrogens with zero attached hydrogens (tertiary/aromatic N) is 5. The van der Waals surface area contributed by atoms with E-state index in [9.17, 15) is 4.79 Å². The van der Waals surface area contributed by atoms with Gasteiger partial charge in [0.25, 0.3) is 5.91 Å². The zero-order chi connectivity index (χ0) is 19.5. The Hall–Kier alpha value is -2.68. The summed E-state index contributed by atoms with van der Waals surface area (Å²) in [5.41, 5.74) is 0.732. The number of para-hydroxylation sites is 1. The van der Waals surface area contributed by atoms with E-state index >= 15 is 0 Å². The molecule has 0 bridgehead atoms. The first kappa shape index (κ1) is 18.7. The molecule has 8 nitrogen and oxygen atoms in total. The van der Waals surface area contributed by atoms with E-state index in [0.717, 1.165) is 25.0 Å². The third-order valence-electron chi connectivity index (χ3n) is 4.76. The first-order valence-corrected chi connectivity index (χ1v) is 9.91. The molecule has 1 atom stereocenters. The van der Waals surface area contributed by atoms with Gasteiger partial charge in [-0.05, 0) is 47.3 Å². The number of likely N-dealkylation sites (tertiary alicyclic amines) is 1.